The minimum absolute atomic E-state index is 0.0301. The van der Waals surface area contributed by atoms with Crippen molar-refractivity contribution in [1.82, 2.24) is 9.88 Å². The Morgan fingerprint density at radius 2 is 2.39 bits per heavy atom. The van der Waals surface area contributed by atoms with E-state index >= 15 is 0 Å². The number of anilines is 1. The summed E-state index contributed by atoms with van der Waals surface area (Å²) >= 11 is 0. The van der Waals surface area contributed by atoms with Crippen molar-refractivity contribution in [2.75, 3.05) is 31.6 Å². The van der Waals surface area contributed by atoms with Crippen LogP contribution in [0.25, 0.3) is 0 Å². The first-order chi connectivity index (χ1) is 8.61. The zero-order chi connectivity index (χ0) is 13.1. The summed E-state index contributed by atoms with van der Waals surface area (Å²) in [6.07, 6.45) is 3.21. The van der Waals surface area contributed by atoms with Gasteiger partial charge in [-0.15, -0.1) is 0 Å². The maximum Gasteiger partial charge on any atom is 0.357 e. The molecule has 0 aromatic carbocycles. The fourth-order valence-electron chi connectivity index (χ4n) is 2.34. The lowest BCUT2D eigenvalue weighted by Crippen LogP contribution is -2.40. The largest absolute Gasteiger partial charge is 0.476 e. The van der Waals surface area contributed by atoms with Crippen LogP contribution in [0.5, 0.6) is 0 Å². The van der Waals surface area contributed by atoms with E-state index in [-0.39, 0.29) is 5.69 Å². The first kappa shape index (κ1) is 12.9. The third-order valence-electron chi connectivity index (χ3n) is 3.33. The van der Waals surface area contributed by atoms with Crippen LogP contribution in [0.1, 0.15) is 30.3 Å². The summed E-state index contributed by atoms with van der Waals surface area (Å²) in [5.74, 6) is -1.05. The van der Waals surface area contributed by atoms with Gasteiger partial charge in [-0.05, 0) is 26.4 Å². The van der Waals surface area contributed by atoms with Gasteiger partial charge < -0.3 is 19.3 Å². The van der Waals surface area contributed by atoms with E-state index in [1.54, 1.807) is 0 Å². The Hall–Kier alpha value is -1.56. The zero-order valence-electron chi connectivity index (χ0n) is 10.8. The van der Waals surface area contributed by atoms with Gasteiger partial charge in [0.1, 0.15) is 6.26 Å². The SMILES string of the molecule is CCC1CN(C)CCCN1c1nc(C(=O)O)co1. The summed E-state index contributed by atoms with van der Waals surface area (Å²) in [5, 5.41) is 8.87. The Balaban J connectivity index is 2.20. The molecule has 100 valence electrons. The number of oxazole rings is 1. The van der Waals surface area contributed by atoms with Crippen molar-refractivity contribution < 1.29 is 14.3 Å². The van der Waals surface area contributed by atoms with Gasteiger partial charge >= 0.3 is 5.97 Å². The highest BCUT2D eigenvalue weighted by Gasteiger charge is 2.26. The van der Waals surface area contributed by atoms with E-state index in [4.69, 9.17) is 9.52 Å². The molecule has 1 N–H and O–H groups in total. The van der Waals surface area contributed by atoms with Crippen LogP contribution in [0.3, 0.4) is 0 Å². The molecule has 1 aliphatic heterocycles. The molecule has 1 fully saturated rings. The third-order valence-corrected chi connectivity index (χ3v) is 3.33. The quantitative estimate of drug-likeness (QED) is 0.875. The molecule has 1 unspecified atom stereocenters. The minimum Gasteiger partial charge on any atom is -0.476 e. The Morgan fingerprint density at radius 1 is 1.61 bits per heavy atom. The van der Waals surface area contributed by atoms with Crippen molar-refractivity contribution in [3.05, 3.63) is 12.0 Å². The molecule has 1 saturated heterocycles. The summed E-state index contributed by atoms with van der Waals surface area (Å²) in [6, 6.07) is 0.743. The first-order valence-corrected chi connectivity index (χ1v) is 6.25. The van der Waals surface area contributed by atoms with Crippen molar-refractivity contribution >= 4 is 12.0 Å². The monoisotopic (exact) mass is 253 g/mol. The van der Waals surface area contributed by atoms with Crippen molar-refractivity contribution in [3.63, 3.8) is 0 Å². The predicted octanol–water partition coefficient (Wildman–Crippen LogP) is 1.29. The number of rotatable bonds is 3. The molecule has 0 saturated carbocycles. The molecule has 2 heterocycles. The molecule has 0 spiro atoms. The Kier molecular flexibility index (Phi) is 3.86. The molecule has 1 atom stereocenters. The molecule has 6 nitrogen and oxygen atoms in total. The fourth-order valence-corrected chi connectivity index (χ4v) is 2.34. The van der Waals surface area contributed by atoms with Gasteiger partial charge in [0.2, 0.25) is 0 Å². The van der Waals surface area contributed by atoms with Gasteiger partial charge in [0.15, 0.2) is 5.69 Å². The maximum atomic E-state index is 10.8. The summed E-state index contributed by atoms with van der Waals surface area (Å²) in [6.45, 7) is 4.96. The molecule has 1 aliphatic rings. The minimum atomic E-state index is -1.05. The highest BCUT2D eigenvalue weighted by molar-refractivity contribution is 5.85. The Bertz CT molecular complexity index is 418. The molecule has 0 bridgehead atoms. The fraction of sp³-hybridized carbons (Fsp3) is 0.667. The summed E-state index contributed by atoms with van der Waals surface area (Å²) in [5.41, 5.74) is -0.0301. The average Bonchev–Trinajstić information content (AvgIpc) is 2.74. The van der Waals surface area contributed by atoms with Gasteiger partial charge in [-0.1, -0.05) is 6.92 Å². The molecule has 0 radical (unpaired) electrons. The molecule has 18 heavy (non-hydrogen) atoms. The lowest BCUT2D eigenvalue weighted by Gasteiger charge is -2.28. The van der Waals surface area contributed by atoms with Gasteiger partial charge in [0.25, 0.3) is 6.01 Å². The topological polar surface area (TPSA) is 69.8 Å². The zero-order valence-corrected chi connectivity index (χ0v) is 10.8. The number of hydrogen-bond acceptors (Lipinski definition) is 5. The Labute approximate surface area is 106 Å². The van der Waals surface area contributed by atoms with Gasteiger partial charge in [0.05, 0.1) is 0 Å². The van der Waals surface area contributed by atoms with Crippen LogP contribution in [0.4, 0.5) is 6.01 Å². The second kappa shape index (κ2) is 5.39. The molecule has 2 rings (SSSR count). The van der Waals surface area contributed by atoms with E-state index in [9.17, 15) is 4.79 Å². The van der Waals surface area contributed by atoms with Gasteiger partial charge in [-0.3, -0.25) is 0 Å². The van der Waals surface area contributed by atoms with E-state index in [0.29, 0.717) is 12.1 Å². The van der Waals surface area contributed by atoms with Crippen molar-refractivity contribution in [1.29, 1.82) is 0 Å². The molecular formula is C12H19N3O3. The molecule has 0 amide bonds. The second-order valence-electron chi connectivity index (χ2n) is 4.69. The first-order valence-electron chi connectivity index (χ1n) is 6.25. The molecular weight excluding hydrogens is 234 g/mol. The smallest absolute Gasteiger partial charge is 0.357 e. The maximum absolute atomic E-state index is 10.8. The number of likely N-dealkylation sites (N-methyl/N-ethyl adjacent to an activating group) is 1. The van der Waals surface area contributed by atoms with Crippen LogP contribution in [0.2, 0.25) is 0 Å². The number of aromatic carboxylic acids is 1. The lowest BCUT2D eigenvalue weighted by atomic mass is 10.2. The summed E-state index contributed by atoms with van der Waals surface area (Å²) in [4.78, 5) is 19.2. The Morgan fingerprint density at radius 3 is 3.00 bits per heavy atom. The predicted molar refractivity (Wildman–Crippen MR) is 67.0 cm³/mol. The standard InChI is InChI=1S/C12H19N3O3/c1-3-9-7-14(2)5-4-6-15(9)12-13-10(8-18-12)11(16)17/h8-9H,3-7H2,1-2H3,(H,16,17). The van der Waals surface area contributed by atoms with Crippen molar-refractivity contribution in [2.45, 2.75) is 25.8 Å². The second-order valence-corrected chi connectivity index (χ2v) is 4.69. The number of nitrogens with zero attached hydrogens (tertiary/aromatic N) is 3. The van der Waals surface area contributed by atoms with Crippen LogP contribution in [0, 0.1) is 0 Å². The van der Waals surface area contributed by atoms with E-state index in [1.807, 2.05) is 0 Å². The van der Waals surface area contributed by atoms with E-state index < -0.39 is 5.97 Å². The number of aromatic nitrogens is 1. The molecule has 0 aliphatic carbocycles. The molecule has 1 aromatic heterocycles. The average molecular weight is 253 g/mol. The van der Waals surface area contributed by atoms with Crippen LogP contribution < -0.4 is 4.90 Å². The number of carboxylic acid groups (broad SMARTS) is 1. The highest BCUT2D eigenvalue weighted by Crippen LogP contribution is 2.21. The van der Waals surface area contributed by atoms with Crippen LogP contribution in [0.15, 0.2) is 10.7 Å². The number of hydrogen-bond donors (Lipinski definition) is 1. The van der Waals surface area contributed by atoms with Crippen LogP contribution >= 0.6 is 0 Å². The summed E-state index contributed by atoms with van der Waals surface area (Å²) in [7, 11) is 2.10. The van der Waals surface area contributed by atoms with Crippen molar-refractivity contribution in [3.8, 4) is 0 Å². The lowest BCUT2D eigenvalue weighted by molar-refractivity contribution is 0.0690. The van der Waals surface area contributed by atoms with E-state index in [1.165, 1.54) is 6.26 Å². The number of carboxylic acids is 1. The van der Waals surface area contributed by atoms with E-state index in [0.717, 1.165) is 32.5 Å². The van der Waals surface area contributed by atoms with E-state index in [2.05, 4.69) is 28.8 Å². The van der Waals surface area contributed by atoms with Gasteiger partial charge in [0, 0.05) is 19.1 Å². The molecule has 6 heteroatoms. The van der Waals surface area contributed by atoms with Gasteiger partial charge in [-0.2, -0.15) is 4.98 Å². The number of carbonyl (C=O) groups is 1. The van der Waals surface area contributed by atoms with Crippen LogP contribution in [-0.4, -0.2) is 53.7 Å². The normalized spacial score (nSPS) is 21.9. The van der Waals surface area contributed by atoms with Gasteiger partial charge in [-0.25, -0.2) is 4.79 Å². The third kappa shape index (κ3) is 2.64. The summed E-state index contributed by atoms with van der Waals surface area (Å²) < 4.78 is 5.30. The molecule has 1 aromatic rings. The van der Waals surface area contributed by atoms with Crippen molar-refractivity contribution in [2.24, 2.45) is 0 Å². The van der Waals surface area contributed by atoms with Crippen LogP contribution in [-0.2, 0) is 0 Å². The highest BCUT2D eigenvalue weighted by atomic mass is 16.4.